The number of nitrogens with zero attached hydrogens (tertiary/aromatic N) is 1. The summed E-state index contributed by atoms with van der Waals surface area (Å²) in [5.41, 5.74) is 2.61. The van der Waals surface area contributed by atoms with Crippen molar-refractivity contribution in [1.29, 1.82) is 0 Å². The fraction of sp³-hybridized carbons (Fsp3) is 0.632. The summed E-state index contributed by atoms with van der Waals surface area (Å²) in [4.78, 5) is 14.2. The van der Waals surface area contributed by atoms with Crippen molar-refractivity contribution in [2.24, 2.45) is 5.92 Å². The van der Waals surface area contributed by atoms with Crippen LogP contribution >= 0.6 is 0 Å². The normalized spacial score (nSPS) is 16.7. The van der Waals surface area contributed by atoms with Crippen molar-refractivity contribution >= 4 is 5.91 Å². The molecule has 4 heteroatoms. The second-order valence-electron chi connectivity index (χ2n) is 6.90. The van der Waals surface area contributed by atoms with Gasteiger partial charge < -0.3 is 10.4 Å². The lowest BCUT2D eigenvalue weighted by Crippen LogP contribution is -2.42. The zero-order valence-electron chi connectivity index (χ0n) is 14.4. The maximum Gasteiger partial charge on any atom is 0.234 e. The van der Waals surface area contributed by atoms with Crippen molar-refractivity contribution in [3.8, 4) is 0 Å². The molecule has 4 nitrogen and oxygen atoms in total. The van der Waals surface area contributed by atoms with Crippen molar-refractivity contribution < 1.29 is 9.90 Å². The standard InChI is InChI=1S/C19H30N2O2/c1-15(2)18-5-3-16(4-6-18)7-10-20-19(23)13-21-11-8-17(14-22)9-12-21/h3-6,15,17,22H,7-14H2,1-2H3,(H,20,23). The summed E-state index contributed by atoms with van der Waals surface area (Å²) in [6.45, 7) is 7.65. The second-order valence-corrected chi connectivity index (χ2v) is 6.90. The zero-order chi connectivity index (χ0) is 16.7. The fourth-order valence-electron chi connectivity index (χ4n) is 3.00. The average molecular weight is 318 g/mol. The highest BCUT2D eigenvalue weighted by Crippen LogP contribution is 2.16. The van der Waals surface area contributed by atoms with E-state index in [2.05, 4.69) is 48.3 Å². The van der Waals surface area contributed by atoms with E-state index in [-0.39, 0.29) is 12.5 Å². The maximum absolute atomic E-state index is 12.0. The van der Waals surface area contributed by atoms with E-state index in [1.165, 1.54) is 11.1 Å². The lowest BCUT2D eigenvalue weighted by molar-refractivity contribution is -0.122. The van der Waals surface area contributed by atoms with Gasteiger partial charge in [-0.15, -0.1) is 0 Å². The predicted molar refractivity (Wildman–Crippen MR) is 93.5 cm³/mol. The SMILES string of the molecule is CC(C)c1ccc(CCNC(=O)CN2CCC(CO)CC2)cc1. The minimum Gasteiger partial charge on any atom is -0.396 e. The molecule has 0 aliphatic carbocycles. The Morgan fingerprint density at radius 3 is 2.48 bits per heavy atom. The molecule has 1 amide bonds. The molecular formula is C19H30N2O2. The molecule has 1 aromatic carbocycles. The molecule has 1 heterocycles. The summed E-state index contributed by atoms with van der Waals surface area (Å²) in [6.07, 6.45) is 2.86. The third kappa shape index (κ3) is 5.96. The molecule has 1 aliphatic rings. The van der Waals surface area contributed by atoms with Gasteiger partial charge in [-0.25, -0.2) is 0 Å². The highest BCUT2D eigenvalue weighted by molar-refractivity contribution is 5.78. The topological polar surface area (TPSA) is 52.6 Å². The van der Waals surface area contributed by atoms with Gasteiger partial charge in [0.05, 0.1) is 6.54 Å². The molecule has 2 N–H and O–H groups in total. The minimum absolute atomic E-state index is 0.103. The third-order valence-electron chi connectivity index (χ3n) is 4.71. The number of hydrogen-bond acceptors (Lipinski definition) is 3. The van der Waals surface area contributed by atoms with Gasteiger partial charge in [-0.1, -0.05) is 38.1 Å². The first kappa shape index (κ1) is 18.0. The Labute approximate surface area is 139 Å². The van der Waals surface area contributed by atoms with Crippen LogP contribution in [0, 0.1) is 5.92 Å². The molecule has 0 bridgehead atoms. The molecule has 2 rings (SSSR count). The Morgan fingerprint density at radius 1 is 1.26 bits per heavy atom. The smallest absolute Gasteiger partial charge is 0.234 e. The molecule has 1 saturated heterocycles. The molecule has 0 radical (unpaired) electrons. The van der Waals surface area contributed by atoms with E-state index in [0.29, 0.717) is 24.9 Å². The number of likely N-dealkylation sites (tertiary alicyclic amines) is 1. The maximum atomic E-state index is 12.0. The molecule has 23 heavy (non-hydrogen) atoms. The van der Waals surface area contributed by atoms with Crippen LogP contribution in [0.5, 0.6) is 0 Å². The van der Waals surface area contributed by atoms with Gasteiger partial charge in [0.2, 0.25) is 5.91 Å². The first-order valence-corrected chi connectivity index (χ1v) is 8.77. The second kappa shape index (κ2) is 9.04. The molecule has 0 saturated carbocycles. The summed E-state index contributed by atoms with van der Waals surface area (Å²) in [7, 11) is 0. The number of hydrogen-bond donors (Lipinski definition) is 2. The van der Waals surface area contributed by atoms with Gasteiger partial charge >= 0.3 is 0 Å². The lowest BCUT2D eigenvalue weighted by Gasteiger charge is -2.30. The fourth-order valence-corrected chi connectivity index (χ4v) is 3.00. The van der Waals surface area contributed by atoms with Crippen LogP contribution in [0.1, 0.15) is 43.7 Å². The Morgan fingerprint density at radius 2 is 1.91 bits per heavy atom. The Kier molecular flexibility index (Phi) is 7.06. The Hall–Kier alpha value is -1.39. The van der Waals surface area contributed by atoms with Gasteiger partial charge in [0, 0.05) is 13.2 Å². The van der Waals surface area contributed by atoms with E-state index in [9.17, 15) is 4.79 Å². The summed E-state index contributed by atoms with van der Waals surface area (Å²) < 4.78 is 0. The molecular weight excluding hydrogens is 288 g/mol. The quantitative estimate of drug-likeness (QED) is 0.810. The van der Waals surface area contributed by atoms with Crippen LogP contribution in [0.15, 0.2) is 24.3 Å². The zero-order valence-corrected chi connectivity index (χ0v) is 14.4. The average Bonchev–Trinajstić information content (AvgIpc) is 2.56. The van der Waals surface area contributed by atoms with Crippen LogP contribution in [0.3, 0.4) is 0 Å². The van der Waals surface area contributed by atoms with Crippen LogP contribution in [0.25, 0.3) is 0 Å². The Balaban J connectivity index is 1.65. The highest BCUT2D eigenvalue weighted by Gasteiger charge is 2.19. The van der Waals surface area contributed by atoms with Crippen molar-refractivity contribution in [3.05, 3.63) is 35.4 Å². The van der Waals surface area contributed by atoms with Crippen molar-refractivity contribution in [3.63, 3.8) is 0 Å². The molecule has 0 spiro atoms. The molecule has 0 atom stereocenters. The first-order chi connectivity index (χ1) is 11.1. The van der Waals surface area contributed by atoms with Crippen LogP contribution in [0.4, 0.5) is 0 Å². The molecule has 128 valence electrons. The van der Waals surface area contributed by atoms with E-state index in [1.807, 2.05) is 0 Å². The van der Waals surface area contributed by atoms with Gasteiger partial charge in [0.25, 0.3) is 0 Å². The monoisotopic (exact) mass is 318 g/mol. The number of carbonyl (C=O) groups excluding carboxylic acids is 1. The van der Waals surface area contributed by atoms with Crippen LogP contribution in [-0.4, -0.2) is 48.7 Å². The number of piperidine rings is 1. The number of carbonyl (C=O) groups is 1. The molecule has 0 aromatic heterocycles. The summed E-state index contributed by atoms with van der Waals surface area (Å²) in [6, 6.07) is 8.66. The van der Waals surface area contributed by atoms with Gasteiger partial charge in [0.15, 0.2) is 0 Å². The van der Waals surface area contributed by atoms with E-state index >= 15 is 0 Å². The first-order valence-electron chi connectivity index (χ1n) is 8.77. The van der Waals surface area contributed by atoms with Crippen LogP contribution in [-0.2, 0) is 11.2 Å². The van der Waals surface area contributed by atoms with Crippen molar-refractivity contribution in [2.45, 2.75) is 39.0 Å². The number of aliphatic hydroxyl groups is 1. The number of amides is 1. The molecule has 0 unspecified atom stereocenters. The summed E-state index contributed by atoms with van der Waals surface area (Å²) in [5, 5.41) is 12.1. The van der Waals surface area contributed by atoms with E-state index in [0.717, 1.165) is 32.4 Å². The van der Waals surface area contributed by atoms with E-state index in [1.54, 1.807) is 0 Å². The largest absolute Gasteiger partial charge is 0.396 e. The minimum atomic E-state index is 0.103. The number of rotatable bonds is 7. The number of nitrogens with one attached hydrogen (secondary N) is 1. The number of aliphatic hydroxyl groups excluding tert-OH is 1. The summed E-state index contributed by atoms with van der Waals surface area (Å²) in [5.74, 6) is 1.08. The Bertz CT molecular complexity index is 477. The van der Waals surface area contributed by atoms with Crippen molar-refractivity contribution in [1.82, 2.24) is 10.2 Å². The van der Waals surface area contributed by atoms with Gasteiger partial charge in [-0.2, -0.15) is 0 Å². The molecule has 1 aromatic rings. The number of benzene rings is 1. The van der Waals surface area contributed by atoms with E-state index in [4.69, 9.17) is 5.11 Å². The molecule has 1 fully saturated rings. The highest BCUT2D eigenvalue weighted by atomic mass is 16.3. The third-order valence-corrected chi connectivity index (χ3v) is 4.71. The van der Waals surface area contributed by atoms with Crippen LogP contribution in [0.2, 0.25) is 0 Å². The summed E-state index contributed by atoms with van der Waals surface area (Å²) >= 11 is 0. The van der Waals surface area contributed by atoms with Crippen molar-refractivity contribution in [2.75, 3.05) is 32.8 Å². The van der Waals surface area contributed by atoms with Gasteiger partial charge in [0.1, 0.15) is 0 Å². The lowest BCUT2D eigenvalue weighted by atomic mass is 9.98. The van der Waals surface area contributed by atoms with Crippen LogP contribution < -0.4 is 5.32 Å². The van der Waals surface area contributed by atoms with Gasteiger partial charge in [-0.3, -0.25) is 9.69 Å². The predicted octanol–water partition coefficient (Wildman–Crippen LogP) is 2.17. The molecule has 1 aliphatic heterocycles. The van der Waals surface area contributed by atoms with E-state index < -0.39 is 0 Å². The van der Waals surface area contributed by atoms with Gasteiger partial charge in [-0.05, 0) is 55.3 Å².